The van der Waals surface area contributed by atoms with Gasteiger partial charge in [-0.1, -0.05) is 17.7 Å². The number of benzene rings is 1. The average molecular weight is 308 g/mol. The van der Waals surface area contributed by atoms with Gasteiger partial charge in [-0.05, 0) is 38.3 Å². The van der Waals surface area contributed by atoms with E-state index < -0.39 is 28.1 Å². The minimum Gasteiger partial charge on any atom is -0.464 e. The van der Waals surface area contributed by atoms with Gasteiger partial charge < -0.3 is 5.11 Å². The van der Waals surface area contributed by atoms with E-state index in [9.17, 15) is 18.3 Å². The molecular weight excluding hydrogens is 292 g/mol. The first-order valence-corrected chi connectivity index (χ1v) is 8.05. The average Bonchev–Trinajstić information content (AvgIpc) is 2.86. The lowest BCUT2D eigenvalue weighted by Gasteiger charge is -2.27. The summed E-state index contributed by atoms with van der Waals surface area (Å²) in [5, 5.41) is 18.4. The van der Waals surface area contributed by atoms with Crippen LogP contribution in [-0.2, 0) is 10.0 Å². The van der Waals surface area contributed by atoms with E-state index in [1.807, 2.05) is 13.0 Å². The Bertz CT molecular complexity index is 676. The van der Waals surface area contributed by atoms with Crippen molar-refractivity contribution in [3.8, 4) is 6.07 Å². The number of carbonyl (C=O) groups is 1. The summed E-state index contributed by atoms with van der Waals surface area (Å²) >= 11 is 0. The Balaban J connectivity index is 2.45. The standard InChI is InChI=1S/C14H16N2O4S/c1-10-5-7-12(8-6-10)21(19,20)16(14(17)18)13-4-2-3-11(13)9-15/h5-8,11,13H,2-4H2,1H3,(H,17,18)/t11-,13+/m0/s1. The summed E-state index contributed by atoms with van der Waals surface area (Å²) in [5.41, 5.74) is 0.881. The van der Waals surface area contributed by atoms with Gasteiger partial charge >= 0.3 is 6.09 Å². The number of nitrogens with zero attached hydrogens (tertiary/aromatic N) is 2. The highest BCUT2D eigenvalue weighted by Gasteiger charge is 2.42. The number of carboxylic acid groups (broad SMARTS) is 1. The highest BCUT2D eigenvalue weighted by Crippen LogP contribution is 2.33. The largest absolute Gasteiger partial charge is 0.464 e. The zero-order chi connectivity index (χ0) is 15.6. The first-order chi connectivity index (χ1) is 9.87. The summed E-state index contributed by atoms with van der Waals surface area (Å²) in [5.74, 6) is -0.582. The third-order valence-electron chi connectivity index (χ3n) is 3.71. The highest BCUT2D eigenvalue weighted by molar-refractivity contribution is 7.89. The van der Waals surface area contributed by atoms with Crippen molar-refractivity contribution in [2.24, 2.45) is 5.92 Å². The molecular formula is C14H16N2O4S. The lowest BCUT2D eigenvalue weighted by atomic mass is 10.1. The molecule has 1 fully saturated rings. The molecule has 1 N–H and O–H groups in total. The number of hydrogen-bond acceptors (Lipinski definition) is 4. The van der Waals surface area contributed by atoms with E-state index in [1.54, 1.807) is 12.1 Å². The molecule has 0 saturated heterocycles. The minimum atomic E-state index is -4.16. The van der Waals surface area contributed by atoms with Crippen LogP contribution in [0.2, 0.25) is 0 Å². The fraction of sp³-hybridized carbons (Fsp3) is 0.429. The van der Waals surface area contributed by atoms with Crippen molar-refractivity contribution in [3.63, 3.8) is 0 Å². The van der Waals surface area contributed by atoms with Crippen molar-refractivity contribution >= 4 is 16.1 Å². The maximum atomic E-state index is 12.6. The van der Waals surface area contributed by atoms with Gasteiger partial charge in [-0.3, -0.25) is 0 Å². The van der Waals surface area contributed by atoms with Crippen molar-refractivity contribution in [1.29, 1.82) is 5.26 Å². The van der Waals surface area contributed by atoms with Crippen molar-refractivity contribution in [3.05, 3.63) is 29.8 Å². The second-order valence-electron chi connectivity index (χ2n) is 5.13. The number of aryl methyl sites for hydroxylation is 1. The van der Waals surface area contributed by atoms with Gasteiger partial charge in [0.25, 0.3) is 10.0 Å². The Morgan fingerprint density at radius 3 is 2.48 bits per heavy atom. The molecule has 112 valence electrons. The summed E-state index contributed by atoms with van der Waals surface area (Å²) in [6.45, 7) is 1.81. The van der Waals surface area contributed by atoms with E-state index >= 15 is 0 Å². The highest BCUT2D eigenvalue weighted by atomic mass is 32.2. The molecule has 0 aromatic heterocycles. The molecule has 0 spiro atoms. The van der Waals surface area contributed by atoms with E-state index in [4.69, 9.17) is 5.26 Å². The molecule has 0 heterocycles. The number of amides is 1. The van der Waals surface area contributed by atoms with E-state index in [1.165, 1.54) is 12.1 Å². The predicted octanol–water partition coefficient (Wildman–Crippen LogP) is 2.36. The normalized spacial score (nSPS) is 21.7. The van der Waals surface area contributed by atoms with Crippen molar-refractivity contribution < 1.29 is 18.3 Å². The molecule has 1 aliphatic carbocycles. The monoisotopic (exact) mass is 308 g/mol. The van der Waals surface area contributed by atoms with E-state index in [-0.39, 0.29) is 4.90 Å². The third-order valence-corrected chi connectivity index (χ3v) is 5.53. The van der Waals surface area contributed by atoms with Crippen LogP contribution in [0.15, 0.2) is 29.2 Å². The molecule has 1 aromatic carbocycles. The molecule has 7 heteroatoms. The molecule has 2 rings (SSSR count). The van der Waals surface area contributed by atoms with Crippen LogP contribution >= 0.6 is 0 Å². The fourth-order valence-corrected chi connectivity index (χ4v) is 4.14. The van der Waals surface area contributed by atoms with Gasteiger partial charge in [-0.15, -0.1) is 0 Å². The molecule has 0 unspecified atom stereocenters. The topological polar surface area (TPSA) is 98.5 Å². The van der Waals surface area contributed by atoms with Crippen LogP contribution in [0.4, 0.5) is 4.79 Å². The molecule has 2 atom stereocenters. The summed E-state index contributed by atoms with van der Waals surface area (Å²) in [6.07, 6.45) is 0.0165. The maximum Gasteiger partial charge on any atom is 0.421 e. The van der Waals surface area contributed by atoms with E-state index in [2.05, 4.69) is 0 Å². The molecule has 0 radical (unpaired) electrons. The van der Waals surface area contributed by atoms with Crippen LogP contribution in [0.1, 0.15) is 24.8 Å². The Hall–Kier alpha value is -2.07. The Labute approximate surface area is 123 Å². The molecule has 1 aromatic rings. The molecule has 0 bridgehead atoms. The molecule has 1 aliphatic rings. The SMILES string of the molecule is Cc1ccc(S(=O)(=O)N(C(=O)O)[C@@H]2CCC[C@H]2C#N)cc1. The molecule has 1 amide bonds. The van der Waals surface area contributed by atoms with Crippen molar-refractivity contribution in [2.75, 3.05) is 0 Å². The second kappa shape index (κ2) is 5.74. The van der Waals surface area contributed by atoms with Crippen molar-refractivity contribution in [2.45, 2.75) is 37.1 Å². The first kappa shape index (κ1) is 15.3. The quantitative estimate of drug-likeness (QED) is 0.924. The lowest BCUT2D eigenvalue weighted by Crippen LogP contribution is -2.45. The molecule has 21 heavy (non-hydrogen) atoms. The van der Waals surface area contributed by atoms with E-state index in [0.29, 0.717) is 23.6 Å². The van der Waals surface area contributed by atoms with Crippen LogP contribution in [0, 0.1) is 24.2 Å². The van der Waals surface area contributed by atoms with Crippen LogP contribution in [0.25, 0.3) is 0 Å². The fourth-order valence-electron chi connectivity index (χ4n) is 2.62. The number of rotatable bonds is 3. The van der Waals surface area contributed by atoms with Crippen molar-refractivity contribution in [1.82, 2.24) is 4.31 Å². The van der Waals surface area contributed by atoms with Crippen LogP contribution in [0.3, 0.4) is 0 Å². The second-order valence-corrected chi connectivity index (χ2v) is 6.95. The van der Waals surface area contributed by atoms with Gasteiger partial charge in [-0.25, -0.2) is 13.2 Å². The predicted molar refractivity (Wildman–Crippen MR) is 75.0 cm³/mol. The minimum absolute atomic E-state index is 0.0703. The van der Waals surface area contributed by atoms with Gasteiger partial charge in [0, 0.05) is 0 Å². The smallest absolute Gasteiger partial charge is 0.421 e. The Morgan fingerprint density at radius 1 is 1.33 bits per heavy atom. The van der Waals surface area contributed by atoms with Gasteiger partial charge in [0.15, 0.2) is 0 Å². The number of hydrogen-bond donors (Lipinski definition) is 1. The summed E-state index contributed by atoms with van der Waals surface area (Å²) < 4.78 is 25.6. The third kappa shape index (κ3) is 2.85. The summed E-state index contributed by atoms with van der Waals surface area (Å²) in [4.78, 5) is 11.4. The zero-order valence-electron chi connectivity index (χ0n) is 11.6. The van der Waals surface area contributed by atoms with Gasteiger partial charge in [0.05, 0.1) is 22.9 Å². The molecule has 1 saturated carbocycles. The first-order valence-electron chi connectivity index (χ1n) is 6.61. The maximum absolute atomic E-state index is 12.6. The Morgan fingerprint density at radius 2 is 1.95 bits per heavy atom. The van der Waals surface area contributed by atoms with Gasteiger partial charge in [0.1, 0.15) is 0 Å². The molecule has 6 nitrogen and oxygen atoms in total. The van der Waals surface area contributed by atoms with E-state index in [0.717, 1.165) is 5.56 Å². The Kier molecular flexibility index (Phi) is 4.19. The van der Waals surface area contributed by atoms with Crippen LogP contribution < -0.4 is 0 Å². The van der Waals surface area contributed by atoms with Gasteiger partial charge in [-0.2, -0.15) is 9.57 Å². The lowest BCUT2D eigenvalue weighted by molar-refractivity contribution is 0.157. The van der Waals surface area contributed by atoms with Crippen LogP contribution in [-0.4, -0.2) is 30.0 Å². The zero-order valence-corrected chi connectivity index (χ0v) is 12.4. The summed E-state index contributed by atoms with van der Waals surface area (Å²) in [6, 6.07) is 7.21. The van der Waals surface area contributed by atoms with Crippen LogP contribution in [0.5, 0.6) is 0 Å². The number of nitriles is 1. The summed E-state index contributed by atoms with van der Waals surface area (Å²) in [7, 11) is -4.16. The molecule has 0 aliphatic heterocycles. The van der Waals surface area contributed by atoms with Gasteiger partial charge in [0.2, 0.25) is 0 Å². The number of sulfonamides is 1.